The van der Waals surface area contributed by atoms with Crippen LogP contribution in [0.1, 0.15) is 49.2 Å². The number of aromatic nitrogens is 3. The number of hydrogen-bond acceptors (Lipinski definition) is 7. The maximum absolute atomic E-state index is 12.3. The number of nitrogens with zero attached hydrogens (tertiary/aromatic N) is 6. The van der Waals surface area contributed by atoms with Gasteiger partial charge in [0, 0.05) is 55.2 Å². The maximum Gasteiger partial charge on any atom is 0.225 e. The normalized spacial score (nSPS) is 17.9. The van der Waals surface area contributed by atoms with E-state index in [4.69, 9.17) is 10.1 Å². The fraction of sp³-hybridized carbons (Fsp3) is 0.370. The Labute approximate surface area is 204 Å². The van der Waals surface area contributed by atoms with Crippen LogP contribution in [-0.4, -0.2) is 63.1 Å². The molecule has 1 unspecified atom stereocenters. The van der Waals surface area contributed by atoms with Crippen molar-refractivity contribution in [2.45, 2.75) is 38.1 Å². The number of piperazine rings is 1. The third-order valence-electron chi connectivity index (χ3n) is 6.81. The number of pyridine rings is 1. The highest BCUT2D eigenvalue weighted by Crippen LogP contribution is 2.46. The maximum atomic E-state index is 12.3. The summed E-state index contributed by atoms with van der Waals surface area (Å²) in [6.45, 7) is 7.34. The molecule has 1 aliphatic carbocycles. The van der Waals surface area contributed by atoms with Gasteiger partial charge >= 0.3 is 0 Å². The smallest absolute Gasteiger partial charge is 0.225 e. The van der Waals surface area contributed by atoms with Crippen LogP contribution in [0, 0.1) is 11.3 Å². The Morgan fingerprint density at radius 2 is 2.11 bits per heavy atom. The molecule has 1 aromatic carbocycles. The first kappa shape index (κ1) is 22.9. The molecule has 178 valence electrons. The number of carbonyl (C=O) groups is 1. The molecule has 1 atom stereocenters. The number of rotatable bonds is 6. The molecule has 35 heavy (non-hydrogen) atoms. The number of nitriles is 1. The van der Waals surface area contributed by atoms with E-state index in [9.17, 15) is 10.1 Å². The second kappa shape index (κ2) is 9.43. The minimum absolute atomic E-state index is 0.0329. The Morgan fingerprint density at radius 1 is 1.29 bits per heavy atom. The molecule has 1 amide bonds. The van der Waals surface area contributed by atoms with Crippen molar-refractivity contribution in [2.75, 3.05) is 31.1 Å². The SMILES string of the molecule is C=Cc1ncc2c(-c3cc(C#N)c(N4CCN(C(=O)CCO)C(C)C4)nc3C3CC3)cccc2n1. The van der Waals surface area contributed by atoms with E-state index >= 15 is 0 Å². The highest BCUT2D eigenvalue weighted by Gasteiger charge is 2.33. The predicted molar refractivity (Wildman–Crippen MR) is 135 cm³/mol. The third-order valence-corrected chi connectivity index (χ3v) is 6.81. The van der Waals surface area contributed by atoms with Crippen LogP contribution in [-0.2, 0) is 4.79 Å². The van der Waals surface area contributed by atoms with Gasteiger partial charge in [0.2, 0.25) is 5.91 Å². The summed E-state index contributed by atoms with van der Waals surface area (Å²) in [5.41, 5.74) is 4.29. The van der Waals surface area contributed by atoms with Crippen molar-refractivity contribution >= 4 is 28.7 Å². The molecule has 2 aliphatic rings. The molecule has 3 aromatic rings. The fourth-order valence-electron chi connectivity index (χ4n) is 4.89. The Kier molecular flexibility index (Phi) is 6.18. The van der Waals surface area contributed by atoms with Gasteiger partial charge in [-0.3, -0.25) is 4.79 Å². The van der Waals surface area contributed by atoms with Crippen LogP contribution in [0.2, 0.25) is 0 Å². The van der Waals surface area contributed by atoms with Crippen LogP contribution >= 0.6 is 0 Å². The first-order valence-corrected chi connectivity index (χ1v) is 12.0. The van der Waals surface area contributed by atoms with E-state index in [1.807, 2.05) is 42.3 Å². The van der Waals surface area contributed by atoms with Crippen molar-refractivity contribution in [2.24, 2.45) is 0 Å². The lowest BCUT2D eigenvalue weighted by Gasteiger charge is -2.41. The van der Waals surface area contributed by atoms with Gasteiger partial charge in [-0.2, -0.15) is 5.26 Å². The van der Waals surface area contributed by atoms with Gasteiger partial charge in [-0.15, -0.1) is 0 Å². The van der Waals surface area contributed by atoms with Crippen molar-refractivity contribution < 1.29 is 9.90 Å². The highest BCUT2D eigenvalue weighted by atomic mass is 16.3. The second-order valence-corrected chi connectivity index (χ2v) is 9.20. The molecule has 5 rings (SSSR count). The van der Waals surface area contributed by atoms with Crippen LogP contribution in [0.25, 0.3) is 28.1 Å². The van der Waals surface area contributed by atoms with Crippen LogP contribution in [0.3, 0.4) is 0 Å². The van der Waals surface area contributed by atoms with Crippen molar-refractivity contribution in [3.8, 4) is 17.2 Å². The van der Waals surface area contributed by atoms with E-state index < -0.39 is 0 Å². The van der Waals surface area contributed by atoms with Gasteiger partial charge in [-0.1, -0.05) is 18.7 Å². The average molecular weight is 469 g/mol. The predicted octanol–water partition coefficient (Wildman–Crippen LogP) is 3.50. The highest BCUT2D eigenvalue weighted by molar-refractivity contribution is 5.95. The van der Waals surface area contributed by atoms with Crippen LogP contribution in [0.15, 0.2) is 37.0 Å². The molecule has 1 saturated heterocycles. The fourth-order valence-corrected chi connectivity index (χ4v) is 4.89. The lowest BCUT2D eigenvalue weighted by molar-refractivity contribution is -0.134. The van der Waals surface area contributed by atoms with E-state index in [0.29, 0.717) is 42.8 Å². The zero-order chi connectivity index (χ0) is 24.5. The number of aliphatic hydroxyl groups is 1. The van der Waals surface area contributed by atoms with Crippen LogP contribution < -0.4 is 4.90 Å². The Morgan fingerprint density at radius 3 is 2.80 bits per heavy atom. The van der Waals surface area contributed by atoms with Crippen molar-refractivity contribution in [1.29, 1.82) is 5.26 Å². The monoisotopic (exact) mass is 468 g/mol. The first-order chi connectivity index (χ1) is 17.0. The molecule has 1 N–H and O–H groups in total. The summed E-state index contributed by atoms with van der Waals surface area (Å²) >= 11 is 0. The van der Waals surface area contributed by atoms with E-state index in [2.05, 4.69) is 27.5 Å². The molecule has 1 saturated carbocycles. The van der Waals surface area contributed by atoms with E-state index in [1.54, 1.807) is 6.08 Å². The summed E-state index contributed by atoms with van der Waals surface area (Å²) in [7, 11) is 0. The Hall–Kier alpha value is -3.83. The summed E-state index contributed by atoms with van der Waals surface area (Å²) in [4.78, 5) is 30.3. The summed E-state index contributed by atoms with van der Waals surface area (Å²) in [6, 6.07) is 10.3. The number of hydrogen-bond donors (Lipinski definition) is 1. The summed E-state index contributed by atoms with van der Waals surface area (Å²) in [5, 5.41) is 20.1. The molecule has 0 radical (unpaired) electrons. The van der Waals surface area contributed by atoms with E-state index in [0.717, 1.165) is 40.6 Å². The number of fused-ring (bicyclic) bond motifs is 1. The summed E-state index contributed by atoms with van der Waals surface area (Å²) in [5.74, 6) is 1.59. The molecule has 0 spiro atoms. The third kappa shape index (κ3) is 4.35. The molecule has 0 bridgehead atoms. The Bertz CT molecular complexity index is 1340. The van der Waals surface area contributed by atoms with Gasteiger partial charge in [-0.25, -0.2) is 15.0 Å². The number of benzene rings is 1. The van der Waals surface area contributed by atoms with Crippen LogP contribution in [0.4, 0.5) is 5.82 Å². The summed E-state index contributed by atoms with van der Waals surface area (Å²) < 4.78 is 0. The van der Waals surface area contributed by atoms with Gasteiger partial charge in [0.05, 0.1) is 23.4 Å². The van der Waals surface area contributed by atoms with Gasteiger partial charge in [0.1, 0.15) is 11.9 Å². The largest absolute Gasteiger partial charge is 0.396 e. The standard InChI is InChI=1S/C27H28N6O2/c1-3-24-29-15-22-20(5-4-6-23(22)30-24)21-13-19(14-28)27(31-26(21)18-7-8-18)32-10-11-33(17(2)16-32)25(35)9-12-34/h3-6,13,15,17-18,34H,1,7-12,16H2,2H3. The molecule has 1 aliphatic heterocycles. The molecule has 2 aromatic heterocycles. The number of anilines is 1. The molecule has 8 heteroatoms. The minimum Gasteiger partial charge on any atom is -0.396 e. The topological polar surface area (TPSA) is 106 Å². The number of aliphatic hydroxyl groups excluding tert-OH is 1. The van der Waals surface area contributed by atoms with Crippen molar-refractivity contribution in [3.05, 3.63) is 54.1 Å². The zero-order valence-electron chi connectivity index (χ0n) is 19.8. The average Bonchev–Trinajstić information content (AvgIpc) is 3.72. The van der Waals surface area contributed by atoms with Gasteiger partial charge in [0.25, 0.3) is 0 Å². The van der Waals surface area contributed by atoms with Crippen molar-refractivity contribution in [1.82, 2.24) is 19.9 Å². The molecular formula is C27H28N6O2. The number of carbonyl (C=O) groups excluding carboxylic acids is 1. The lowest BCUT2D eigenvalue weighted by Crippen LogP contribution is -2.54. The quantitative estimate of drug-likeness (QED) is 0.590. The summed E-state index contributed by atoms with van der Waals surface area (Å²) in [6.07, 6.45) is 5.73. The van der Waals surface area contributed by atoms with E-state index in [1.165, 1.54) is 0 Å². The van der Waals surface area contributed by atoms with Gasteiger partial charge in [-0.05, 0) is 43.5 Å². The zero-order valence-corrected chi connectivity index (χ0v) is 19.8. The van der Waals surface area contributed by atoms with E-state index in [-0.39, 0.29) is 25.0 Å². The first-order valence-electron chi connectivity index (χ1n) is 12.0. The molecule has 8 nitrogen and oxygen atoms in total. The lowest BCUT2D eigenvalue weighted by atomic mass is 9.96. The minimum atomic E-state index is -0.147. The van der Waals surface area contributed by atoms with Gasteiger partial charge < -0.3 is 14.9 Å². The van der Waals surface area contributed by atoms with Crippen LogP contribution in [0.5, 0.6) is 0 Å². The molecule has 3 heterocycles. The molecular weight excluding hydrogens is 440 g/mol. The van der Waals surface area contributed by atoms with Gasteiger partial charge in [0.15, 0.2) is 5.82 Å². The second-order valence-electron chi connectivity index (χ2n) is 9.20. The van der Waals surface area contributed by atoms with Crippen molar-refractivity contribution in [3.63, 3.8) is 0 Å². The molecule has 2 fully saturated rings. The number of amides is 1. The Balaban J connectivity index is 1.55.